The number of aromatic nitrogens is 4. The maximum absolute atomic E-state index is 12.5. The third-order valence-corrected chi connectivity index (χ3v) is 7.34. The van der Waals surface area contributed by atoms with E-state index in [1.165, 1.54) is 4.70 Å². The number of nitrogens with zero attached hydrogens (tertiary/aromatic N) is 4. The van der Waals surface area contributed by atoms with Crippen LogP contribution in [0.2, 0.25) is 0 Å². The predicted octanol–water partition coefficient (Wildman–Crippen LogP) is 3.64. The lowest BCUT2D eigenvalue weighted by Gasteiger charge is -2.16. The molecule has 3 heterocycles. The minimum Gasteiger partial charge on any atom is -0.342 e. The molecule has 1 aliphatic heterocycles. The second kappa shape index (κ2) is 7.70. The number of carbonyl (C=O) groups excluding carboxylic acids is 1. The summed E-state index contributed by atoms with van der Waals surface area (Å²) in [5.41, 5.74) is 5.58. The molecule has 162 valence electrons. The quantitative estimate of drug-likeness (QED) is 0.508. The number of likely N-dealkylation sites (tertiary alicyclic amines) is 1. The Morgan fingerprint density at radius 2 is 1.91 bits per heavy atom. The summed E-state index contributed by atoms with van der Waals surface area (Å²) in [5, 5.41) is 6.90. The summed E-state index contributed by atoms with van der Waals surface area (Å²) in [6.45, 7) is 1.57. The number of amides is 1. The molecule has 6 rings (SSSR count). The third-order valence-electron chi connectivity index (χ3n) is 6.53. The number of benzene rings is 2. The zero-order chi connectivity index (χ0) is 21.7. The van der Waals surface area contributed by atoms with Crippen molar-refractivity contribution in [2.24, 2.45) is 11.8 Å². The molecule has 1 amide bonds. The van der Waals surface area contributed by atoms with Crippen molar-refractivity contribution in [1.29, 1.82) is 0 Å². The van der Waals surface area contributed by atoms with Gasteiger partial charge in [0.25, 0.3) is 0 Å². The van der Waals surface area contributed by atoms with Gasteiger partial charge < -0.3 is 4.90 Å². The van der Waals surface area contributed by atoms with Crippen LogP contribution in [0.15, 0.2) is 52.8 Å². The van der Waals surface area contributed by atoms with E-state index in [4.69, 9.17) is 0 Å². The number of thiazole rings is 1. The van der Waals surface area contributed by atoms with Gasteiger partial charge in [-0.15, -0.1) is 11.3 Å². The average molecular weight is 446 g/mol. The van der Waals surface area contributed by atoms with E-state index < -0.39 is 0 Å². The summed E-state index contributed by atoms with van der Waals surface area (Å²) >= 11 is 1.63. The Hall–Kier alpha value is -3.26. The van der Waals surface area contributed by atoms with Gasteiger partial charge in [-0.25, -0.2) is 19.4 Å². The number of aromatic amines is 1. The molecular formula is C24H23N5O2S. The SMILES string of the molecule is O=C(C1CC1)N1CC[C@@H](Cc2n[nH]c(=O)n2-c2ccc(-c3ccc4scnc4c3)cc2)C1. The van der Waals surface area contributed by atoms with Gasteiger partial charge in [0.15, 0.2) is 0 Å². The Bertz CT molecular complexity index is 1350. The van der Waals surface area contributed by atoms with Crippen molar-refractivity contribution in [3.05, 3.63) is 64.3 Å². The van der Waals surface area contributed by atoms with Crippen molar-refractivity contribution in [3.8, 4) is 16.8 Å². The van der Waals surface area contributed by atoms with Crippen LogP contribution in [0.25, 0.3) is 27.0 Å². The predicted molar refractivity (Wildman–Crippen MR) is 124 cm³/mol. The number of hydrogen-bond acceptors (Lipinski definition) is 5. The van der Waals surface area contributed by atoms with Crippen LogP contribution < -0.4 is 5.69 Å². The zero-order valence-corrected chi connectivity index (χ0v) is 18.3. The van der Waals surface area contributed by atoms with Gasteiger partial charge in [-0.2, -0.15) is 5.10 Å². The van der Waals surface area contributed by atoms with Gasteiger partial charge in [-0.05, 0) is 60.6 Å². The molecule has 1 saturated carbocycles. The molecule has 4 aromatic rings. The summed E-state index contributed by atoms with van der Waals surface area (Å²) < 4.78 is 2.82. The van der Waals surface area contributed by atoms with Crippen molar-refractivity contribution < 1.29 is 4.79 Å². The Morgan fingerprint density at radius 1 is 1.09 bits per heavy atom. The van der Waals surface area contributed by atoms with Gasteiger partial charge >= 0.3 is 5.69 Å². The minimum atomic E-state index is -0.236. The molecule has 0 unspecified atom stereocenters. The first kappa shape index (κ1) is 19.4. The molecule has 0 bridgehead atoms. The van der Waals surface area contributed by atoms with Gasteiger partial charge in [0.1, 0.15) is 5.82 Å². The lowest BCUT2D eigenvalue weighted by molar-refractivity contribution is -0.131. The molecule has 1 saturated heterocycles. The fraction of sp³-hybridized carbons (Fsp3) is 0.333. The number of carbonyl (C=O) groups is 1. The summed E-state index contributed by atoms with van der Waals surface area (Å²) in [7, 11) is 0. The van der Waals surface area contributed by atoms with Crippen LogP contribution in [-0.2, 0) is 11.2 Å². The summed E-state index contributed by atoms with van der Waals surface area (Å²) in [6, 6.07) is 14.2. The highest BCUT2D eigenvalue weighted by Gasteiger charge is 2.36. The van der Waals surface area contributed by atoms with Gasteiger partial charge in [0.05, 0.1) is 21.4 Å². The fourth-order valence-corrected chi connectivity index (χ4v) is 5.28. The molecule has 32 heavy (non-hydrogen) atoms. The number of rotatable bonds is 5. The van der Waals surface area contributed by atoms with Crippen molar-refractivity contribution in [1.82, 2.24) is 24.6 Å². The highest BCUT2D eigenvalue weighted by Crippen LogP contribution is 2.33. The van der Waals surface area contributed by atoms with Crippen LogP contribution in [0.3, 0.4) is 0 Å². The summed E-state index contributed by atoms with van der Waals surface area (Å²) in [4.78, 5) is 31.3. The number of nitrogens with one attached hydrogen (secondary N) is 1. The van der Waals surface area contributed by atoms with Gasteiger partial charge in [0.2, 0.25) is 5.91 Å². The fourth-order valence-electron chi connectivity index (χ4n) is 4.62. The summed E-state index contributed by atoms with van der Waals surface area (Å²) in [5.74, 6) is 1.61. The molecule has 2 aromatic carbocycles. The van der Waals surface area contributed by atoms with Crippen LogP contribution in [0.1, 0.15) is 25.1 Å². The number of hydrogen-bond donors (Lipinski definition) is 1. The molecule has 2 aromatic heterocycles. The van der Waals surface area contributed by atoms with Crippen LogP contribution in [0.4, 0.5) is 0 Å². The lowest BCUT2D eigenvalue weighted by Crippen LogP contribution is -2.30. The molecule has 1 aliphatic carbocycles. The second-order valence-electron chi connectivity index (χ2n) is 8.78. The largest absolute Gasteiger partial charge is 0.347 e. The lowest BCUT2D eigenvalue weighted by atomic mass is 10.0. The second-order valence-corrected chi connectivity index (χ2v) is 9.67. The maximum Gasteiger partial charge on any atom is 0.347 e. The van der Waals surface area contributed by atoms with E-state index in [0.717, 1.165) is 60.5 Å². The van der Waals surface area contributed by atoms with Crippen molar-refractivity contribution >= 4 is 27.5 Å². The first-order valence-electron chi connectivity index (χ1n) is 11.0. The molecule has 0 radical (unpaired) electrons. The van der Waals surface area contributed by atoms with E-state index in [1.807, 2.05) is 34.7 Å². The van der Waals surface area contributed by atoms with Crippen molar-refractivity contribution in [2.75, 3.05) is 13.1 Å². The maximum atomic E-state index is 12.5. The molecule has 2 aliphatic rings. The molecule has 7 nitrogen and oxygen atoms in total. The van der Waals surface area contributed by atoms with Crippen LogP contribution in [-0.4, -0.2) is 43.6 Å². The van der Waals surface area contributed by atoms with Gasteiger partial charge in [0, 0.05) is 25.4 Å². The molecule has 1 atom stereocenters. The standard InChI is InChI=1S/C24H23N5O2S/c30-23(17-1-2-17)28-10-9-15(13-28)11-22-26-27-24(31)29(22)19-6-3-16(4-7-19)18-5-8-21-20(12-18)25-14-32-21/h3-8,12,14-15,17H,1-2,9-11,13H2,(H,27,31)/t15-/m0/s1. The van der Waals surface area contributed by atoms with Crippen molar-refractivity contribution in [3.63, 3.8) is 0 Å². The van der Waals surface area contributed by atoms with E-state index >= 15 is 0 Å². The molecule has 0 spiro atoms. The molecular weight excluding hydrogens is 422 g/mol. The van der Waals surface area contributed by atoms with Gasteiger partial charge in [-0.1, -0.05) is 18.2 Å². The third kappa shape index (κ3) is 3.54. The first-order valence-corrected chi connectivity index (χ1v) is 11.9. The molecule has 8 heteroatoms. The normalized spacial score (nSPS) is 18.5. The average Bonchev–Trinajstić information content (AvgIpc) is 3.20. The highest BCUT2D eigenvalue weighted by molar-refractivity contribution is 7.16. The van der Waals surface area contributed by atoms with E-state index in [0.29, 0.717) is 18.2 Å². The van der Waals surface area contributed by atoms with Crippen LogP contribution in [0, 0.1) is 11.8 Å². The molecule has 1 N–H and O–H groups in total. The van der Waals surface area contributed by atoms with E-state index in [9.17, 15) is 9.59 Å². The Balaban J connectivity index is 1.22. The summed E-state index contributed by atoms with van der Waals surface area (Å²) in [6.07, 6.45) is 3.70. The monoisotopic (exact) mass is 445 g/mol. The number of H-pyrrole nitrogens is 1. The number of fused-ring (bicyclic) bond motifs is 1. The first-order chi connectivity index (χ1) is 15.7. The molecule has 2 fully saturated rings. The highest BCUT2D eigenvalue weighted by atomic mass is 32.1. The Morgan fingerprint density at radius 3 is 2.72 bits per heavy atom. The van der Waals surface area contributed by atoms with Crippen LogP contribution in [0.5, 0.6) is 0 Å². The van der Waals surface area contributed by atoms with Crippen LogP contribution >= 0.6 is 11.3 Å². The van der Waals surface area contributed by atoms with Crippen molar-refractivity contribution in [2.45, 2.75) is 25.7 Å². The smallest absolute Gasteiger partial charge is 0.342 e. The van der Waals surface area contributed by atoms with Gasteiger partial charge in [-0.3, -0.25) is 4.79 Å². The van der Waals surface area contributed by atoms with E-state index in [2.05, 4.69) is 33.4 Å². The zero-order valence-electron chi connectivity index (χ0n) is 17.5. The topological polar surface area (TPSA) is 83.9 Å². The van der Waals surface area contributed by atoms with E-state index in [1.54, 1.807) is 15.9 Å². The Kier molecular flexibility index (Phi) is 4.68. The minimum absolute atomic E-state index is 0.236. The Labute approximate surface area is 188 Å². The van der Waals surface area contributed by atoms with E-state index in [-0.39, 0.29) is 11.6 Å².